The molecule has 100 valence electrons. The highest BCUT2D eigenvalue weighted by atomic mass is 15.2. The molecule has 0 bridgehead atoms. The highest BCUT2D eigenvalue weighted by Crippen LogP contribution is 2.26. The number of nitrogens with zero attached hydrogens (tertiary/aromatic N) is 2. The van der Waals surface area contributed by atoms with Gasteiger partial charge in [0, 0.05) is 19.6 Å². The fourth-order valence-electron chi connectivity index (χ4n) is 2.45. The van der Waals surface area contributed by atoms with Gasteiger partial charge in [0.15, 0.2) is 0 Å². The summed E-state index contributed by atoms with van der Waals surface area (Å²) in [5.41, 5.74) is 1.15. The van der Waals surface area contributed by atoms with Crippen LogP contribution in [0.5, 0.6) is 0 Å². The third-order valence-electron chi connectivity index (χ3n) is 3.84. The molecule has 1 fully saturated rings. The molecule has 1 N–H and O–H groups in total. The van der Waals surface area contributed by atoms with Crippen molar-refractivity contribution in [2.24, 2.45) is 11.8 Å². The molecule has 0 aliphatic carbocycles. The number of aromatic nitrogens is 1. The van der Waals surface area contributed by atoms with E-state index in [0.717, 1.165) is 49.5 Å². The van der Waals surface area contributed by atoms with Crippen molar-refractivity contribution in [3.63, 3.8) is 0 Å². The lowest BCUT2D eigenvalue weighted by Crippen LogP contribution is -2.22. The summed E-state index contributed by atoms with van der Waals surface area (Å²) >= 11 is 0. The molecule has 2 heterocycles. The highest BCUT2D eigenvalue weighted by Gasteiger charge is 2.26. The van der Waals surface area contributed by atoms with Gasteiger partial charge in [0.2, 0.25) is 0 Å². The molecule has 0 aromatic carbocycles. The molecule has 3 nitrogen and oxygen atoms in total. The van der Waals surface area contributed by atoms with E-state index in [4.69, 9.17) is 4.98 Å². The fourth-order valence-corrected chi connectivity index (χ4v) is 2.45. The van der Waals surface area contributed by atoms with Gasteiger partial charge in [0.1, 0.15) is 5.82 Å². The van der Waals surface area contributed by atoms with Gasteiger partial charge in [-0.3, -0.25) is 0 Å². The monoisotopic (exact) mass is 247 g/mol. The first-order valence-corrected chi connectivity index (χ1v) is 7.12. The first-order chi connectivity index (χ1) is 8.70. The van der Waals surface area contributed by atoms with E-state index in [-0.39, 0.29) is 0 Å². The van der Waals surface area contributed by atoms with Crippen molar-refractivity contribution in [2.75, 3.05) is 24.5 Å². The zero-order valence-electron chi connectivity index (χ0n) is 11.8. The van der Waals surface area contributed by atoms with Gasteiger partial charge in [0.25, 0.3) is 0 Å². The Kier molecular flexibility index (Phi) is 4.59. The van der Waals surface area contributed by atoms with Gasteiger partial charge in [-0.15, -0.1) is 0 Å². The number of rotatable bonds is 5. The number of nitrogens with one attached hydrogen (secondary N) is 1. The van der Waals surface area contributed by atoms with Crippen molar-refractivity contribution >= 4 is 5.82 Å². The lowest BCUT2D eigenvalue weighted by atomic mass is 10.0. The van der Waals surface area contributed by atoms with E-state index in [1.54, 1.807) is 0 Å². The van der Waals surface area contributed by atoms with Crippen LogP contribution in [0.2, 0.25) is 0 Å². The number of pyridine rings is 1. The van der Waals surface area contributed by atoms with Crippen LogP contribution in [-0.2, 0) is 6.54 Å². The fraction of sp³-hybridized carbons (Fsp3) is 0.667. The molecule has 0 amide bonds. The van der Waals surface area contributed by atoms with E-state index in [1.165, 1.54) is 6.42 Å². The SMILES string of the molecule is CCCNCc1cccc(N2CC(C)C(C)C2)n1. The van der Waals surface area contributed by atoms with E-state index in [9.17, 15) is 0 Å². The molecule has 1 aliphatic heterocycles. The molecule has 1 saturated heterocycles. The van der Waals surface area contributed by atoms with E-state index >= 15 is 0 Å². The van der Waals surface area contributed by atoms with Crippen LogP contribution in [0.3, 0.4) is 0 Å². The number of hydrogen-bond donors (Lipinski definition) is 1. The smallest absolute Gasteiger partial charge is 0.128 e. The third-order valence-corrected chi connectivity index (χ3v) is 3.84. The average molecular weight is 247 g/mol. The first-order valence-electron chi connectivity index (χ1n) is 7.12. The molecule has 2 unspecified atom stereocenters. The Morgan fingerprint density at radius 1 is 1.28 bits per heavy atom. The maximum atomic E-state index is 4.76. The van der Waals surface area contributed by atoms with Crippen molar-refractivity contribution in [3.8, 4) is 0 Å². The van der Waals surface area contributed by atoms with E-state index < -0.39 is 0 Å². The Hall–Kier alpha value is -1.09. The molecule has 0 radical (unpaired) electrons. The van der Waals surface area contributed by atoms with Gasteiger partial charge in [-0.05, 0) is 36.9 Å². The largest absolute Gasteiger partial charge is 0.356 e. The van der Waals surface area contributed by atoms with Crippen molar-refractivity contribution in [1.29, 1.82) is 0 Å². The molecule has 2 atom stereocenters. The second-order valence-corrected chi connectivity index (χ2v) is 5.52. The average Bonchev–Trinajstić information content (AvgIpc) is 2.71. The summed E-state index contributed by atoms with van der Waals surface area (Å²) < 4.78 is 0. The summed E-state index contributed by atoms with van der Waals surface area (Å²) in [6.45, 7) is 11.1. The van der Waals surface area contributed by atoms with Crippen molar-refractivity contribution in [2.45, 2.75) is 33.7 Å². The van der Waals surface area contributed by atoms with Crippen molar-refractivity contribution < 1.29 is 0 Å². The minimum absolute atomic E-state index is 0.772. The molecule has 1 aromatic heterocycles. The minimum Gasteiger partial charge on any atom is -0.356 e. The standard InChI is InChI=1S/C15H25N3/c1-4-8-16-9-14-6-5-7-15(17-14)18-10-12(2)13(3)11-18/h5-7,12-13,16H,4,8-11H2,1-3H3. The molecule has 2 rings (SSSR count). The Labute approximate surface area is 111 Å². The van der Waals surface area contributed by atoms with Gasteiger partial charge < -0.3 is 10.2 Å². The lowest BCUT2D eigenvalue weighted by Gasteiger charge is -2.18. The van der Waals surface area contributed by atoms with Gasteiger partial charge in [-0.1, -0.05) is 26.8 Å². The summed E-state index contributed by atoms with van der Waals surface area (Å²) in [5, 5.41) is 3.41. The summed E-state index contributed by atoms with van der Waals surface area (Å²) in [7, 11) is 0. The maximum Gasteiger partial charge on any atom is 0.128 e. The molecule has 1 aliphatic rings. The summed E-state index contributed by atoms with van der Waals surface area (Å²) in [6.07, 6.45) is 1.17. The van der Waals surface area contributed by atoms with Gasteiger partial charge in [-0.25, -0.2) is 4.98 Å². The van der Waals surface area contributed by atoms with Crippen LogP contribution in [0.4, 0.5) is 5.82 Å². The summed E-state index contributed by atoms with van der Waals surface area (Å²) in [4.78, 5) is 7.17. The van der Waals surface area contributed by atoms with Crippen molar-refractivity contribution in [1.82, 2.24) is 10.3 Å². The second kappa shape index (κ2) is 6.19. The first kappa shape index (κ1) is 13.3. The molecule has 0 spiro atoms. The van der Waals surface area contributed by atoms with Crippen LogP contribution in [0.25, 0.3) is 0 Å². The molecule has 0 saturated carbocycles. The quantitative estimate of drug-likeness (QED) is 0.811. The predicted molar refractivity (Wildman–Crippen MR) is 76.8 cm³/mol. The second-order valence-electron chi connectivity index (χ2n) is 5.52. The topological polar surface area (TPSA) is 28.2 Å². The normalized spacial score (nSPS) is 23.6. The maximum absolute atomic E-state index is 4.76. The highest BCUT2D eigenvalue weighted by molar-refractivity contribution is 5.40. The predicted octanol–water partition coefficient (Wildman–Crippen LogP) is 2.67. The third kappa shape index (κ3) is 3.22. The van der Waals surface area contributed by atoms with E-state index in [1.807, 2.05) is 0 Å². The van der Waals surface area contributed by atoms with Gasteiger partial charge in [-0.2, -0.15) is 0 Å². The molecular weight excluding hydrogens is 222 g/mol. The Bertz CT molecular complexity index is 368. The Balaban J connectivity index is 1.99. The van der Waals surface area contributed by atoms with Gasteiger partial charge >= 0.3 is 0 Å². The number of anilines is 1. The summed E-state index contributed by atoms with van der Waals surface area (Å²) in [5.74, 6) is 2.68. The van der Waals surface area contributed by atoms with Crippen molar-refractivity contribution in [3.05, 3.63) is 23.9 Å². The lowest BCUT2D eigenvalue weighted by molar-refractivity contribution is 0.494. The minimum atomic E-state index is 0.772. The van der Waals surface area contributed by atoms with E-state index in [2.05, 4.69) is 49.2 Å². The summed E-state index contributed by atoms with van der Waals surface area (Å²) in [6, 6.07) is 6.36. The zero-order chi connectivity index (χ0) is 13.0. The molecule has 18 heavy (non-hydrogen) atoms. The van der Waals surface area contributed by atoms with Crippen LogP contribution in [0.15, 0.2) is 18.2 Å². The Morgan fingerprint density at radius 3 is 2.67 bits per heavy atom. The Morgan fingerprint density at radius 2 is 2.00 bits per heavy atom. The number of hydrogen-bond acceptors (Lipinski definition) is 3. The van der Waals surface area contributed by atoms with Crippen LogP contribution in [0.1, 0.15) is 32.9 Å². The van der Waals surface area contributed by atoms with Crippen LogP contribution < -0.4 is 10.2 Å². The van der Waals surface area contributed by atoms with Crippen LogP contribution in [0, 0.1) is 11.8 Å². The molecule has 1 aromatic rings. The van der Waals surface area contributed by atoms with Gasteiger partial charge in [0.05, 0.1) is 5.69 Å². The van der Waals surface area contributed by atoms with Crippen LogP contribution >= 0.6 is 0 Å². The molecular formula is C15H25N3. The molecule has 3 heteroatoms. The van der Waals surface area contributed by atoms with Crippen LogP contribution in [-0.4, -0.2) is 24.6 Å². The zero-order valence-corrected chi connectivity index (χ0v) is 11.8. The van der Waals surface area contributed by atoms with E-state index in [0.29, 0.717) is 0 Å².